The Labute approximate surface area is 177 Å². The molecule has 8 heteroatoms. The molecule has 2 aromatic rings. The Morgan fingerprint density at radius 3 is 2.07 bits per heavy atom. The lowest BCUT2D eigenvalue weighted by molar-refractivity contribution is 0.0745. The lowest BCUT2D eigenvalue weighted by atomic mass is 10.1. The standard InChI is InChI=1S/C22H29N5O3/c1-16-12-20(25-6-4-5-7-25)24-22(23-16)27-10-8-26(9-11-27)21(28)17-13-18(29-2)15-19(14-17)30-3/h12-15H,4-11H2,1-3H3. The number of hydrogen-bond donors (Lipinski definition) is 0. The first-order valence-electron chi connectivity index (χ1n) is 10.5. The molecule has 0 aliphatic carbocycles. The van der Waals surface area contributed by atoms with Crippen molar-refractivity contribution >= 4 is 17.7 Å². The lowest BCUT2D eigenvalue weighted by Gasteiger charge is -2.35. The normalized spacial score (nSPS) is 16.7. The minimum Gasteiger partial charge on any atom is -0.497 e. The van der Waals surface area contributed by atoms with Crippen LogP contribution < -0.4 is 19.3 Å². The fraction of sp³-hybridized carbons (Fsp3) is 0.500. The highest BCUT2D eigenvalue weighted by Gasteiger charge is 2.25. The van der Waals surface area contributed by atoms with Crippen molar-refractivity contribution in [2.75, 3.05) is 63.3 Å². The number of benzene rings is 1. The van der Waals surface area contributed by atoms with Crippen LogP contribution in [0.15, 0.2) is 24.3 Å². The van der Waals surface area contributed by atoms with Gasteiger partial charge in [-0.3, -0.25) is 4.79 Å². The maximum Gasteiger partial charge on any atom is 0.254 e. The molecule has 0 saturated carbocycles. The number of rotatable bonds is 5. The molecule has 0 bridgehead atoms. The largest absolute Gasteiger partial charge is 0.497 e. The Bertz CT molecular complexity index is 883. The average molecular weight is 412 g/mol. The van der Waals surface area contributed by atoms with Crippen molar-refractivity contribution < 1.29 is 14.3 Å². The molecule has 0 radical (unpaired) electrons. The van der Waals surface area contributed by atoms with Gasteiger partial charge in [-0.2, -0.15) is 4.98 Å². The van der Waals surface area contributed by atoms with Gasteiger partial charge in [0.05, 0.1) is 14.2 Å². The summed E-state index contributed by atoms with van der Waals surface area (Å²) in [7, 11) is 3.17. The van der Waals surface area contributed by atoms with E-state index >= 15 is 0 Å². The van der Waals surface area contributed by atoms with Crippen LogP contribution in [0.2, 0.25) is 0 Å². The highest BCUT2D eigenvalue weighted by atomic mass is 16.5. The molecule has 0 spiro atoms. The number of aryl methyl sites for hydroxylation is 1. The van der Waals surface area contributed by atoms with Gasteiger partial charge in [-0.25, -0.2) is 4.98 Å². The Balaban J connectivity index is 1.44. The van der Waals surface area contributed by atoms with E-state index in [0.717, 1.165) is 30.5 Å². The number of aromatic nitrogens is 2. The van der Waals surface area contributed by atoms with Crippen molar-refractivity contribution in [2.45, 2.75) is 19.8 Å². The smallest absolute Gasteiger partial charge is 0.254 e. The zero-order valence-corrected chi connectivity index (χ0v) is 17.9. The number of carbonyl (C=O) groups excluding carboxylic acids is 1. The number of carbonyl (C=O) groups is 1. The molecule has 1 aromatic carbocycles. The minimum absolute atomic E-state index is 0.0187. The zero-order chi connectivity index (χ0) is 21.1. The van der Waals surface area contributed by atoms with E-state index in [1.54, 1.807) is 32.4 Å². The van der Waals surface area contributed by atoms with E-state index in [1.807, 2.05) is 11.8 Å². The average Bonchev–Trinajstić information content (AvgIpc) is 3.33. The van der Waals surface area contributed by atoms with Gasteiger partial charge in [0.15, 0.2) is 0 Å². The maximum absolute atomic E-state index is 13.0. The molecule has 2 saturated heterocycles. The van der Waals surface area contributed by atoms with Gasteiger partial charge in [-0.05, 0) is 31.9 Å². The molecule has 3 heterocycles. The molecule has 0 atom stereocenters. The number of nitrogens with zero attached hydrogens (tertiary/aromatic N) is 5. The van der Waals surface area contributed by atoms with Crippen LogP contribution >= 0.6 is 0 Å². The van der Waals surface area contributed by atoms with E-state index in [2.05, 4.69) is 20.9 Å². The van der Waals surface area contributed by atoms with Crippen molar-refractivity contribution in [3.05, 3.63) is 35.5 Å². The molecule has 8 nitrogen and oxygen atoms in total. The van der Waals surface area contributed by atoms with Gasteiger partial charge in [0.1, 0.15) is 17.3 Å². The van der Waals surface area contributed by atoms with Crippen molar-refractivity contribution in [3.8, 4) is 11.5 Å². The molecule has 2 fully saturated rings. The van der Waals surface area contributed by atoms with Crippen LogP contribution in [0.3, 0.4) is 0 Å². The summed E-state index contributed by atoms with van der Waals surface area (Å²) in [5.74, 6) is 2.97. The number of anilines is 2. The zero-order valence-electron chi connectivity index (χ0n) is 17.9. The second-order valence-corrected chi connectivity index (χ2v) is 7.74. The molecule has 30 heavy (non-hydrogen) atoms. The molecular weight excluding hydrogens is 382 g/mol. The van der Waals surface area contributed by atoms with Crippen molar-refractivity contribution in [2.24, 2.45) is 0 Å². The first-order chi connectivity index (χ1) is 14.6. The number of ether oxygens (including phenoxy) is 2. The predicted octanol–water partition coefficient (Wildman–Crippen LogP) is 2.36. The SMILES string of the molecule is COc1cc(OC)cc(C(=O)N2CCN(c3nc(C)cc(N4CCCC4)n3)CC2)c1. The Kier molecular flexibility index (Phi) is 5.92. The second kappa shape index (κ2) is 8.77. The van der Waals surface area contributed by atoms with Gasteiger partial charge in [0.2, 0.25) is 5.95 Å². The summed E-state index contributed by atoms with van der Waals surface area (Å²) in [5, 5.41) is 0. The van der Waals surface area contributed by atoms with Crippen molar-refractivity contribution in [3.63, 3.8) is 0 Å². The Hall–Kier alpha value is -3.03. The third-order valence-electron chi connectivity index (χ3n) is 5.71. The summed E-state index contributed by atoms with van der Waals surface area (Å²) < 4.78 is 10.6. The highest BCUT2D eigenvalue weighted by Crippen LogP contribution is 2.25. The van der Waals surface area contributed by atoms with Gasteiger partial charge < -0.3 is 24.2 Å². The fourth-order valence-electron chi connectivity index (χ4n) is 4.01. The number of methoxy groups -OCH3 is 2. The monoisotopic (exact) mass is 411 g/mol. The van der Waals surface area contributed by atoms with E-state index in [0.29, 0.717) is 43.2 Å². The molecule has 1 aromatic heterocycles. The van der Waals surface area contributed by atoms with Gasteiger partial charge in [-0.1, -0.05) is 0 Å². The van der Waals surface area contributed by atoms with Crippen LogP contribution in [0.1, 0.15) is 28.9 Å². The van der Waals surface area contributed by atoms with E-state index in [-0.39, 0.29) is 5.91 Å². The molecular formula is C22H29N5O3. The van der Waals surface area contributed by atoms with Crippen molar-refractivity contribution in [1.29, 1.82) is 0 Å². The molecule has 0 unspecified atom stereocenters. The van der Waals surface area contributed by atoms with Crippen LogP contribution in [0.25, 0.3) is 0 Å². The molecule has 160 valence electrons. The third-order valence-corrected chi connectivity index (χ3v) is 5.71. The van der Waals surface area contributed by atoms with Crippen LogP contribution in [-0.2, 0) is 0 Å². The lowest BCUT2D eigenvalue weighted by Crippen LogP contribution is -2.49. The highest BCUT2D eigenvalue weighted by molar-refractivity contribution is 5.95. The van der Waals surface area contributed by atoms with Crippen LogP contribution in [0.4, 0.5) is 11.8 Å². The quantitative estimate of drug-likeness (QED) is 0.748. The molecule has 1 amide bonds. The summed E-state index contributed by atoms with van der Waals surface area (Å²) >= 11 is 0. The van der Waals surface area contributed by atoms with E-state index in [1.165, 1.54) is 12.8 Å². The van der Waals surface area contributed by atoms with Crippen LogP contribution in [0.5, 0.6) is 11.5 Å². The summed E-state index contributed by atoms with van der Waals surface area (Å²) in [6.45, 7) is 6.78. The van der Waals surface area contributed by atoms with Gasteiger partial charge in [0, 0.05) is 62.7 Å². The van der Waals surface area contributed by atoms with E-state index < -0.39 is 0 Å². The first kappa shape index (κ1) is 20.3. The molecule has 4 rings (SSSR count). The minimum atomic E-state index is -0.0187. The topological polar surface area (TPSA) is 71.0 Å². The van der Waals surface area contributed by atoms with Gasteiger partial charge in [-0.15, -0.1) is 0 Å². The van der Waals surface area contributed by atoms with Crippen LogP contribution in [-0.4, -0.2) is 74.3 Å². The predicted molar refractivity (Wildman–Crippen MR) is 116 cm³/mol. The Morgan fingerprint density at radius 1 is 0.833 bits per heavy atom. The summed E-state index contributed by atoms with van der Waals surface area (Å²) in [5.41, 5.74) is 1.55. The third kappa shape index (κ3) is 4.27. The second-order valence-electron chi connectivity index (χ2n) is 7.74. The summed E-state index contributed by atoms with van der Waals surface area (Å²) in [6.07, 6.45) is 2.43. The summed E-state index contributed by atoms with van der Waals surface area (Å²) in [6, 6.07) is 7.33. The fourth-order valence-corrected chi connectivity index (χ4v) is 4.01. The van der Waals surface area contributed by atoms with Gasteiger partial charge >= 0.3 is 0 Å². The van der Waals surface area contributed by atoms with Crippen molar-refractivity contribution in [1.82, 2.24) is 14.9 Å². The Morgan fingerprint density at radius 2 is 1.47 bits per heavy atom. The number of hydrogen-bond acceptors (Lipinski definition) is 7. The maximum atomic E-state index is 13.0. The molecule has 2 aliphatic rings. The number of amides is 1. The number of piperazine rings is 1. The summed E-state index contributed by atoms with van der Waals surface area (Å²) in [4.78, 5) is 28.9. The molecule has 2 aliphatic heterocycles. The molecule has 0 N–H and O–H groups in total. The van der Waals surface area contributed by atoms with E-state index in [9.17, 15) is 4.79 Å². The van der Waals surface area contributed by atoms with Crippen LogP contribution in [0, 0.1) is 6.92 Å². The van der Waals surface area contributed by atoms with E-state index in [4.69, 9.17) is 14.5 Å². The first-order valence-corrected chi connectivity index (χ1v) is 10.5. The van der Waals surface area contributed by atoms with Gasteiger partial charge in [0.25, 0.3) is 5.91 Å².